The predicted molar refractivity (Wildman–Crippen MR) is 130 cm³/mol. The molecule has 0 fully saturated rings. The minimum absolute atomic E-state index is 0.198. The number of anilines is 1. The lowest BCUT2D eigenvalue weighted by Gasteiger charge is -2.25. The highest BCUT2D eigenvalue weighted by Gasteiger charge is 2.26. The number of nitrogens with one attached hydrogen (secondary N) is 1. The second kappa shape index (κ2) is 11.7. The van der Waals surface area contributed by atoms with E-state index in [1.54, 1.807) is 40.3 Å². The van der Waals surface area contributed by atoms with E-state index in [0.29, 0.717) is 24.3 Å². The van der Waals surface area contributed by atoms with E-state index in [4.69, 9.17) is 0 Å². The van der Waals surface area contributed by atoms with Crippen molar-refractivity contribution in [1.82, 2.24) is 4.31 Å². The Morgan fingerprint density at radius 1 is 0.968 bits per heavy atom. The maximum atomic E-state index is 13.1. The minimum atomic E-state index is -3.59. The van der Waals surface area contributed by atoms with Crippen LogP contribution in [-0.2, 0) is 10.0 Å². The zero-order valence-electron chi connectivity index (χ0n) is 19.1. The van der Waals surface area contributed by atoms with Crippen molar-refractivity contribution >= 4 is 33.4 Å². The van der Waals surface area contributed by atoms with Gasteiger partial charge in [0.1, 0.15) is 0 Å². The molecule has 0 aliphatic rings. The van der Waals surface area contributed by atoms with Crippen LogP contribution in [0.25, 0.3) is 0 Å². The first-order chi connectivity index (χ1) is 14.6. The van der Waals surface area contributed by atoms with E-state index in [2.05, 4.69) is 12.2 Å². The molecule has 170 valence electrons. The van der Waals surface area contributed by atoms with Gasteiger partial charge in [-0.3, -0.25) is 4.79 Å². The van der Waals surface area contributed by atoms with E-state index >= 15 is 0 Å². The third-order valence-corrected chi connectivity index (χ3v) is 7.61. The summed E-state index contributed by atoms with van der Waals surface area (Å²) >= 11 is 1.66. The summed E-state index contributed by atoms with van der Waals surface area (Å²) in [5.41, 5.74) is 1.19. The van der Waals surface area contributed by atoms with Gasteiger partial charge in [0.15, 0.2) is 0 Å². The minimum Gasteiger partial charge on any atom is -0.322 e. The highest BCUT2D eigenvalue weighted by Crippen LogP contribution is 2.25. The highest BCUT2D eigenvalue weighted by atomic mass is 32.2. The van der Waals surface area contributed by atoms with Gasteiger partial charge < -0.3 is 5.32 Å². The Bertz CT molecular complexity index is 945. The van der Waals surface area contributed by atoms with Crippen LogP contribution < -0.4 is 5.32 Å². The second-order valence-corrected chi connectivity index (χ2v) is 11.5. The van der Waals surface area contributed by atoms with E-state index in [1.807, 2.05) is 52.0 Å². The van der Waals surface area contributed by atoms with Crippen molar-refractivity contribution in [3.8, 4) is 0 Å². The van der Waals surface area contributed by atoms with Crippen molar-refractivity contribution in [2.24, 2.45) is 11.8 Å². The first-order valence-corrected chi connectivity index (χ1v) is 13.2. The van der Waals surface area contributed by atoms with E-state index in [0.717, 1.165) is 17.1 Å². The van der Waals surface area contributed by atoms with Crippen LogP contribution in [0.2, 0.25) is 0 Å². The maximum absolute atomic E-state index is 13.1. The lowest BCUT2D eigenvalue weighted by Crippen LogP contribution is -2.37. The smallest absolute Gasteiger partial charge is 0.256 e. The molecule has 0 spiro atoms. The molecule has 7 heteroatoms. The summed E-state index contributed by atoms with van der Waals surface area (Å²) in [6.45, 7) is 11.1. The Morgan fingerprint density at radius 3 is 2.10 bits per heavy atom. The molecule has 0 aliphatic carbocycles. The molecular weight excluding hydrogens is 428 g/mol. The average Bonchev–Trinajstić information content (AvgIpc) is 2.71. The first-order valence-electron chi connectivity index (χ1n) is 10.8. The molecule has 0 heterocycles. The molecular formula is C24H34N2O3S2. The summed E-state index contributed by atoms with van der Waals surface area (Å²) in [4.78, 5) is 14.0. The number of thioether (sulfide) groups is 1. The Kier molecular flexibility index (Phi) is 9.59. The van der Waals surface area contributed by atoms with Crippen molar-refractivity contribution < 1.29 is 13.2 Å². The molecule has 0 atom stereocenters. The van der Waals surface area contributed by atoms with Crippen LogP contribution in [0, 0.1) is 11.8 Å². The van der Waals surface area contributed by atoms with Gasteiger partial charge in [-0.15, -0.1) is 11.8 Å². The zero-order chi connectivity index (χ0) is 23.0. The Morgan fingerprint density at radius 2 is 1.55 bits per heavy atom. The molecule has 2 rings (SSSR count). The van der Waals surface area contributed by atoms with Gasteiger partial charge in [-0.25, -0.2) is 8.42 Å². The molecule has 0 bridgehead atoms. The summed E-state index contributed by atoms with van der Waals surface area (Å²) in [6, 6.07) is 14.0. The maximum Gasteiger partial charge on any atom is 0.256 e. The Hall–Kier alpha value is -1.83. The van der Waals surface area contributed by atoms with Gasteiger partial charge in [-0.1, -0.05) is 46.8 Å². The molecule has 0 saturated heterocycles. The number of amides is 1. The van der Waals surface area contributed by atoms with Crippen LogP contribution in [0.3, 0.4) is 0 Å². The SMILES string of the molecule is CCCSc1ccccc1C(=O)Nc1ccc(S(=O)(=O)N(CC(C)C)CC(C)C)cc1. The highest BCUT2D eigenvalue weighted by molar-refractivity contribution is 7.99. The van der Waals surface area contributed by atoms with Gasteiger partial charge in [0.25, 0.3) is 5.91 Å². The molecule has 0 aromatic heterocycles. The molecule has 1 N–H and O–H groups in total. The third kappa shape index (κ3) is 7.37. The molecule has 0 saturated carbocycles. The molecule has 31 heavy (non-hydrogen) atoms. The van der Waals surface area contributed by atoms with E-state index in [9.17, 15) is 13.2 Å². The van der Waals surface area contributed by atoms with E-state index in [-0.39, 0.29) is 22.6 Å². The lowest BCUT2D eigenvalue weighted by atomic mass is 10.2. The molecule has 5 nitrogen and oxygen atoms in total. The predicted octanol–water partition coefficient (Wildman–Crippen LogP) is 5.74. The number of rotatable bonds is 11. The fraction of sp³-hybridized carbons (Fsp3) is 0.458. The van der Waals surface area contributed by atoms with Crippen LogP contribution in [0.1, 0.15) is 51.4 Å². The number of carbonyl (C=O) groups is 1. The summed E-state index contributed by atoms with van der Waals surface area (Å²) in [6.07, 6.45) is 1.03. The molecule has 2 aromatic carbocycles. The van der Waals surface area contributed by atoms with Crippen LogP contribution in [0.4, 0.5) is 5.69 Å². The number of sulfonamides is 1. The van der Waals surface area contributed by atoms with Gasteiger partial charge in [-0.2, -0.15) is 4.31 Å². The molecule has 0 aliphatic heterocycles. The Balaban J connectivity index is 2.18. The number of benzene rings is 2. The summed E-state index contributed by atoms with van der Waals surface area (Å²) in [5, 5.41) is 2.89. The summed E-state index contributed by atoms with van der Waals surface area (Å²) in [7, 11) is -3.59. The van der Waals surface area contributed by atoms with Gasteiger partial charge in [-0.05, 0) is 60.4 Å². The largest absolute Gasteiger partial charge is 0.322 e. The molecule has 0 radical (unpaired) electrons. The fourth-order valence-corrected chi connectivity index (χ4v) is 5.82. The van der Waals surface area contributed by atoms with Crippen LogP contribution in [0.5, 0.6) is 0 Å². The van der Waals surface area contributed by atoms with Gasteiger partial charge in [0.05, 0.1) is 10.5 Å². The Labute approximate surface area is 191 Å². The summed E-state index contributed by atoms with van der Waals surface area (Å²) in [5.74, 6) is 1.21. The van der Waals surface area contributed by atoms with Gasteiger partial charge >= 0.3 is 0 Å². The standard InChI is InChI=1S/C24H34N2O3S2/c1-6-15-30-23-10-8-7-9-22(23)24(27)25-20-11-13-21(14-12-20)31(28,29)26(16-18(2)3)17-19(4)5/h7-14,18-19H,6,15-17H2,1-5H3,(H,25,27). The summed E-state index contributed by atoms with van der Waals surface area (Å²) < 4.78 is 27.8. The topological polar surface area (TPSA) is 66.5 Å². The average molecular weight is 463 g/mol. The first kappa shape index (κ1) is 25.4. The molecule has 2 aromatic rings. The van der Waals surface area contributed by atoms with E-state index < -0.39 is 10.0 Å². The van der Waals surface area contributed by atoms with Crippen LogP contribution in [0.15, 0.2) is 58.3 Å². The quantitative estimate of drug-likeness (QED) is 0.432. The zero-order valence-corrected chi connectivity index (χ0v) is 20.7. The fourth-order valence-electron chi connectivity index (χ4n) is 3.14. The van der Waals surface area contributed by atoms with Crippen molar-refractivity contribution in [2.75, 3.05) is 24.2 Å². The van der Waals surface area contributed by atoms with Crippen molar-refractivity contribution in [3.63, 3.8) is 0 Å². The van der Waals surface area contributed by atoms with Crippen molar-refractivity contribution in [1.29, 1.82) is 0 Å². The number of hydrogen-bond donors (Lipinski definition) is 1. The monoisotopic (exact) mass is 462 g/mol. The van der Waals surface area contributed by atoms with Crippen molar-refractivity contribution in [2.45, 2.75) is 50.8 Å². The van der Waals surface area contributed by atoms with Crippen LogP contribution in [-0.4, -0.2) is 37.5 Å². The van der Waals surface area contributed by atoms with E-state index in [1.165, 1.54) is 0 Å². The number of carbonyl (C=O) groups excluding carboxylic acids is 1. The third-order valence-electron chi connectivity index (χ3n) is 4.48. The number of hydrogen-bond acceptors (Lipinski definition) is 4. The number of nitrogens with zero attached hydrogens (tertiary/aromatic N) is 1. The van der Waals surface area contributed by atoms with Crippen LogP contribution >= 0.6 is 11.8 Å². The normalized spacial score (nSPS) is 12.0. The molecule has 0 unspecified atom stereocenters. The van der Waals surface area contributed by atoms with Gasteiger partial charge in [0, 0.05) is 23.7 Å². The molecule has 1 amide bonds. The second-order valence-electron chi connectivity index (χ2n) is 8.43. The van der Waals surface area contributed by atoms with Gasteiger partial charge in [0.2, 0.25) is 10.0 Å². The lowest BCUT2D eigenvalue weighted by molar-refractivity contribution is 0.102. The van der Waals surface area contributed by atoms with Crippen molar-refractivity contribution in [3.05, 3.63) is 54.1 Å².